The zero-order chi connectivity index (χ0) is 8.01. The number of carbonyl (C=O) groups excluding carboxylic acids is 2. The maximum atomic E-state index is 11.0. The zero-order valence-corrected chi connectivity index (χ0v) is 5.61. The Labute approximate surface area is 62.5 Å². The first-order valence-corrected chi connectivity index (χ1v) is 3.29. The Morgan fingerprint density at radius 3 is 2.82 bits per heavy atom. The van der Waals surface area contributed by atoms with E-state index in [1.807, 2.05) is 0 Å². The molecule has 0 aromatic carbocycles. The smallest absolute Gasteiger partial charge is 0.193 e. The van der Waals surface area contributed by atoms with Crippen molar-refractivity contribution in [2.75, 3.05) is 6.61 Å². The molecule has 0 spiro atoms. The second kappa shape index (κ2) is 1.99. The van der Waals surface area contributed by atoms with Gasteiger partial charge >= 0.3 is 0 Å². The number of aliphatic hydroxyl groups is 1. The lowest BCUT2D eigenvalue weighted by molar-refractivity contribution is -0.120. The number of hydrogen-bond donors (Lipinski definition) is 1. The third-order valence-electron chi connectivity index (χ3n) is 1.83. The first kappa shape index (κ1) is 6.69. The van der Waals surface area contributed by atoms with Gasteiger partial charge in [-0.2, -0.15) is 0 Å². The fourth-order valence-electron chi connectivity index (χ4n) is 1.16. The predicted molar refractivity (Wildman–Crippen MR) is 33.8 cm³/mol. The molecule has 1 fully saturated rings. The van der Waals surface area contributed by atoms with E-state index in [0.717, 1.165) is 6.08 Å². The van der Waals surface area contributed by atoms with Crippen molar-refractivity contribution in [1.82, 2.24) is 0 Å². The summed E-state index contributed by atoms with van der Waals surface area (Å²) >= 11 is 0. The maximum absolute atomic E-state index is 11.0. The predicted octanol–water partition coefficient (Wildman–Crippen LogP) is -1.18. The minimum atomic E-state index is -0.588. The Bertz CT molecular complexity index is 266. The van der Waals surface area contributed by atoms with Gasteiger partial charge in [0.2, 0.25) is 0 Å². The summed E-state index contributed by atoms with van der Waals surface area (Å²) in [5.74, 6) is -0.462. The van der Waals surface area contributed by atoms with Crippen LogP contribution in [0.15, 0.2) is 11.6 Å². The third kappa shape index (κ3) is 0.834. The number of ketones is 2. The second-order valence-electron chi connectivity index (χ2n) is 2.57. The van der Waals surface area contributed by atoms with Crippen LogP contribution >= 0.6 is 0 Å². The molecule has 0 bridgehead atoms. The molecule has 0 radical (unpaired) electrons. The zero-order valence-electron chi connectivity index (χ0n) is 5.61. The number of epoxide rings is 1. The highest BCUT2D eigenvalue weighted by Crippen LogP contribution is 2.30. The van der Waals surface area contributed by atoms with Crippen LogP contribution in [-0.2, 0) is 14.3 Å². The Kier molecular flexibility index (Phi) is 1.21. The molecule has 0 amide bonds. The average molecular weight is 154 g/mol. The van der Waals surface area contributed by atoms with Crippen LogP contribution in [0.5, 0.6) is 0 Å². The van der Waals surface area contributed by atoms with Crippen LogP contribution in [-0.4, -0.2) is 35.5 Å². The maximum Gasteiger partial charge on any atom is 0.193 e. The molecule has 11 heavy (non-hydrogen) atoms. The van der Waals surface area contributed by atoms with Crippen molar-refractivity contribution >= 4 is 11.6 Å². The van der Waals surface area contributed by atoms with E-state index in [1.165, 1.54) is 0 Å². The average Bonchev–Trinajstić information content (AvgIpc) is 2.75. The van der Waals surface area contributed by atoms with Crippen molar-refractivity contribution in [2.45, 2.75) is 12.2 Å². The highest BCUT2D eigenvalue weighted by atomic mass is 16.6. The second-order valence-corrected chi connectivity index (χ2v) is 2.57. The van der Waals surface area contributed by atoms with Crippen molar-refractivity contribution in [3.05, 3.63) is 11.6 Å². The molecule has 2 atom stereocenters. The van der Waals surface area contributed by atoms with Gasteiger partial charge in [0.1, 0.15) is 0 Å². The van der Waals surface area contributed by atoms with Gasteiger partial charge in [-0.05, 0) is 6.08 Å². The minimum absolute atomic E-state index is 0.161. The molecule has 1 aliphatic heterocycles. The summed E-state index contributed by atoms with van der Waals surface area (Å²) in [6, 6.07) is 0. The van der Waals surface area contributed by atoms with E-state index >= 15 is 0 Å². The standard InChI is InChI=1S/C7H6O4/c8-2-3-1-4(9)6-7(11-6)5(3)10/h1,6-8H,2H2/t6?,7-/m1/s1. The van der Waals surface area contributed by atoms with E-state index in [-0.39, 0.29) is 23.7 Å². The quantitative estimate of drug-likeness (QED) is 0.483. The Morgan fingerprint density at radius 2 is 2.18 bits per heavy atom. The highest BCUT2D eigenvalue weighted by Gasteiger charge is 2.52. The largest absolute Gasteiger partial charge is 0.392 e. The number of hydrogen-bond acceptors (Lipinski definition) is 4. The van der Waals surface area contributed by atoms with E-state index in [9.17, 15) is 9.59 Å². The lowest BCUT2D eigenvalue weighted by Crippen LogP contribution is -2.24. The van der Waals surface area contributed by atoms with E-state index in [2.05, 4.69) is 0 Å². The Morgan fingerprint density at radius 1 is 1.45 bits per heavy atom. The lowest BCUT2D eigenvalue weighted by Gasteiger charge is -2.02. The van der Waals surface area contributed by atoms with Crippen LogP contribution in [0.25, 0.3) is 0 Å². The summed E-state index contributed by atoms with van der Waals surface area (Å²) in [6.07, 6.45) is 0.0312. The topological polar surface area (TPSA) is 66.9 Å². The van der Waals surface area contributed by atoms with Crippen molar-refractivity contribution in [2.24, 2.45) is 0 Å². The van der Waals surface area contributed by atoms with Crippen LogP contribution in [0.3, 0.4) is 0 Å². The minimum Gasteiger partial charge on any atom is -0.392 e. The molecule has 1 aliphatic carbocycles. The third-order valence-corrected chi connectivity index (χ3v) is 1.83. The normalized spacial score (nSPS) is 34.8. The fourth-order valence-corrected chi connectivity index (χ4v) is 1.16. The molecule has 1 N–H and O–H groups in total. The number of Topliss-reactive ketones (excluding diaryl/α,β-unsaturated/α-hetero) is 1. The van der Waals surface area contributed by atoms with Gasteiger partial charge in [0, 0.05) is 5.57 Å². The first-order valence-electron chi connectivity index (χ1n) is 3.29. The van der Waals surface area contributed by atoms with Gasteiger partial charge in [-0.15, -0.1) is 0 Å². The molecule has 0 saturated carbocycles. The van der Waals surface area contributed by atoms with Gasteiger partial charge in [0.15, 0.2) is 23.8 Å². The summed E-state index contributed by atoms with van der Waals surface area (Å²) in [5.41, 5.74) is 0.161. The molecular weight excluding hydrogens is 148 g/mol. The molecule has 1 heterocycles. The van der Waals surface area contributed by atoms with Gasteiger partial charge < -0.3 is 9.84 Å². The highest BCUT2D eigenvalue weighted by molar-refractivity contribution is 6.15. The molecule has 2 aliphatic rings. The van der Waals surface area contributed by atoms with Crippen LogP contribution < -0.4 is 0 Å². The molecule has 0 aromatic heterocycles. The molecule has 2 rings (SSSR count). The van der Waals surface area contributed by atoms with Crippen molar-refractivity contribution < 1.29 is 19.4 Å². The lowest BCUT2D eigenvalue weighted by atomic mass is 9.98. The summed E-state index contributed by atoms with van der Waals surface area (Å²) in [5, 5.41) is 8.62. The molecular formula is C7H6O4. The number of fused-ring (bicyclic) bond motifs is 1. The van der Waals surface area contributed by atoms with E-state index in [4.69, 9.17) is 9.84 Å². The molecule has 58 valence electrons. The van der Waals surface area contributed by atoms with Gasteiger partial charge in [-0.1, -0.05) is 0 Å². The van der Waals surface area contributed by atoms with Crippen LogP contribution in [0.1, 0.15) is 0 Å². The van der Waals surface area contributed by atoms with Gasteiger partial charge in [-0.3, -0.25) is 9.59 Å². The van der Waals surface area contributed by atoms with Crippen LogP contribution in [0.2, 0.25) is 0 Å². The fraction of sp³-hybridized carbons (Fsp3) is 0.429. The Balaban J connectivity index is 2.32. The molecule has 1 saturated heterocycles. The SMILES string of the molecule is O=C1C=C(CO)C(=O)[C@H]2OC12. The number of ether oxygens (including phenoxy) is 1. The number of aliphatic hydroxyl groups excluding tert-OH is 1. The van der Waals surface area contributed by atoms with Gasteiger partial charge in [0.25, 0.3) is 0 Å². The molecule has 0 aromatic rings. The Hall–Kier alpha value is -1.00. The first-order chi connectivity index (χ1) is 5.24. The summed E-state index contributed by atoms with van der Waals surface area (Å²) < 4.78 is 4.77. The van der Waals surface area contributed by atoms with E-state index < -0.39 is 12.2 Å². The van der Waals surface area contributed by atoms with E-state index in [0.29, 0.717) is 0 Å². The van der Waals surface area contributed by atoms with Gasteiger partial charge in [0.05, 0.1) is 6.61 Å². The number of carbonyl (C=O) groups is 2. The summed E-state index contributed by atoms with van der Waals surface area (Å²) in [4.78, 5) is 21.9. The molecule has 4 nitrogen and oxygen atoms in total. The van der Waals surface area contributed by atoms with Crippen LogP contribution in [0, 0.1) is 0 Å². The summed E-state index contributed by atoms with van der Waals surface area (Å²) in [7, 11) is 0. The van der Waals surface area contributed by atoms with Crippen molar-refractivity contribution in [1.29, 1.82) is 0 Å². The molecule has 4 heteroatoms. The van der Waals surface area contributed by atoms with E-state index in [1.54, 1.807) is 0 Å². The summed E-state index contributed by atoms with van der Waals surface area (Å²) in [6.45, 7) is -0.378. The molecule has 1 unspecified atom stereocenters. The van der Waals surface area contributed by atoms with Crippen LogP contribution in [0.4, 0.5) is 0 Å². The van der Waals surface area contributed by atoms with Crippen molar-refractivity contribution in [3.63, 3.8) is 0 Å². The monoisotopic (exact) mass is 154 g/mol. The van der Waals surface area contributed by atoms with Crippen molar-refractivity contribution in [3.8, 4) is 0 Å². The number of rotatable bonds is 1. The van der Waals surface area contributed by atoms with Gasteiger partial charge in [-0.25, -0.2) is 0 Å².